The van der Waals surface area contributed by atoms with E-state index in [1.54, 1.807) is 11.3 Å². The summed E-state index contributed by atoms with van der Waals surface area (Å²) < 4.78 is 5.26. The highest BCUT2D eigenvalue weighted by molar-refractivity contribution is 7.08. The summed E-state index contributed by atoms with van der Waals surface area (Å²) in [7, 11) is 0. The fourth-order valence-electron chi connectivity index (χ4n) is 2.22. The topological polar surface area (TPSA) is 71.3 Å². The molecule has 3 rings (SSSR count). The Kier molecular flexibility index (Phi) is 3.79. The number of carbonyl (C=O) groups is 1. The molecule has 2 aromatic heterocycles. The summed E-state index contributed by atoms with van der Waals surface area (Å²) in [5.74, 6) is 1.21. The van der Waals surface area contributed by atoms with Gasteiger partial charge in [0.15, 0.2) is 5.82 Å². The van der Waals surface area contributed by atoms with Gasteiger partial charge in [-0.15, -0.1) is 0 Å². The number of hydrogen-bond acceptors (Lipinski definition) is 6. The molecule has 0 radical (unpaired) electrons. The van der Waals surface area contributed by atoms with Crippen LogP contribution in [0.1, 0.15) is 19.2 Å². The van der Waals surface area contributed by atoms with Crippen molar-refractivity contribution in [2.45, 2.75) is 25.9 Å². The van der Waals surface area contributed by atoms with E-state index >= 15 is 0 Å². The first-order chi connectivity index (χ1) is 9.74. The lowest BCUT2D eigenvalue weighted by Gasteiger charge is -2.23. The van der Waals surface area contributed by atoms with Crippen molar-refractivity contribution in [3.05, 3.63) is 22.7 Å². The molecule has 0 spiro atoms. The van der Waals surface area contributed by atoms with E-state index in [-0.39, 0.29) is 11.9 Å². The molecule has 0 saturated carbocycles. The number of carbonyl (C=O) groups excluding carboxylic acids is 1. The number of hydrogen-bond donors (Lipinski definition) is 1. The van der Waals surface area contributed by atoms with Gasteiger partial charge in [-0.3, -0.25) is 9.69 Å². The monoisotopic (exact) mass is 292 g/mol. The van der Waals surface area contributed by atoms with E-state index in [9.17, 15) is 4.79 Å². The number of thiophene rings is 1. The second-order valence-corrected chi connectivity index (χ2v) is 5.60. The quantitative estimate of drug-likeness (QED) is 0.928. The highest BCUT2D eigenvalue weighted by Crippen LogP contribution is 2.20. The molecule has 1 saturated heterocycles. The molecule has 1 aliphatic heterocycles. The molecule has 1 fully saturated rings. The van der Waals surface area contributed by atoms with Gasteiger partial charge in [0.25, 0.3) is 5.89 Å². The summed E-state index contributed by atoms with van der Waals surface area (Å²) in [6, 6.07) is 1.78. The maximum Gasteiger partial charge on any atom is 0.258 e. The highest BCUT2D eigenvalue weighted by atomic mass is 32.1. The molecule has 20 heavy (non-hydrogen) atoms. The van der Waals surface area contributed by atoms with Crippen LogP contribution in [0.15, 0.2) is 21.3 Å². The zero-order chi connectivity index (χ0) is 13.9. The first-order valence-corrected chi connectivity index (χ1v) is 7.55. The molecule has 0 bridgehead atoms. The Hall–Kier alpha value is -1.73. The molecule has 0 aromatic carbocycles. The number of nitrogens with zero attached hydrogens (tertiary/aromatic N) is 3. The van der Waals surface area contributed by atoms with Crippen LogP contribution >= 0.6 is 11.3 Å². The van der Waals surface area contributed by atoms with Crippen molar-refractivity contribution in [1.82, 2.24) is 20.4 Å². The SMILES string of the molecule is C[C@H]1C(=O)NCCCN1Cc1noc(-c2ccsc2)n1. The molecule has 1 N–H and O–H groups in total. The summed E-state index contributed by atoms with van der Waals surface area (Å²) in [4.78, 5) is 18.3. The minimum Gasteiger partial charge on any atom is -0.355 e. The molecule has 7 heteroatoms. The lowest BCUT2D eigenvalue weighted by molar-refractivity contribution is -0.125. The maximum absolute atomic E-state index is 11.8. The van der Waals surface area contributed by atoms with E-state index in [0.717, 1.165) is 25.1 Å². The van der Waals surface area contributed by atoms with Crippen molar-refractivity contribution < 1.29 is 9.32 Å². The Bertz CT molecular complexity index is 581. The van der Waals surface area contributed by atoms with Crippen molar-refractivity contribution >= 4 is 17.2 Å². The zero-order valence-electron chi connectivity index (χ0n) is 11.2. The molecule has 0 aliphatic carbocycles. The Morgan fingerprint density at radius 3 is 3.30 bits per heavy atom. The predicted octanol–water partition coefficient (Wildman–Crippen LogP) is 1.51. The molecular formula is C13H16N4O2S. The molecule has 1 amide bonds. The number of aromatic nitrogens is 2. The van der Waals surface area contributed by atoms with E-state index < -0.39 is 0 Å². The molecule has 0 unspecified atom stereocenters. The molecule has 1 aliphatic rings. The van der Waals surface area contributed by atoms with Gasteiger partial charge in [0, 0.05) is 18.5 Å². The van der Waals surface area contributed by atoms with Crippen LogP contribution in [0.25, 0.3) is 11.5 Å². The van der Waals surface area contributed by atoms with Gasteiger partial charge in [0.05, 0.1) is 18.2 Å². The Morgan fingerprint density at radius 1 is 1.60 bits per heavy atom. The molecular weight excluding hydrogens is 276 g/mol. The Morgan fingerprint density at radius 2 is 2.50 bits per heavy atom. The average Bonchev–Trinajstić information content (AvgIpc) is 3.08. The van der Waals surface area contributed by atoms with Crippen molar-refractivity contribution in [1.29, 1.82) is 0 Å². The second kappa shape index (κ2) is 5.72. The highest BCUT2D eigenvalue weighted by Gasteiger charge is 2.25. The van der Waals surface area contributed by atoms with Crippen molar-refractivity contribution in [2.75, 3.05) is 13.1 Å². The summed E-state index contributed by atoms with van der Waals surface area (Å²) in [6.45, 7) is 4.01. The zero-order valence-corrected chi connectivity index (χ0v) is 12.0. The number of amides is 1. The molecule has 106 valence electrons. The third kappa shape index (κ3) is 2.73. The summed E-state index contributed by atoms with van der Waals surface area (Å²) in [6.07, 6.45) is 0.936. The molecule has 2 aromatic rings. The van der Waals surface area contributed by atoms with Gasteiger partial charge in [-0.1, -0.05) is 5.16 Å². The van der Waals surface area contributed by atoms with Crippen LogP contribution in [-0.4, -0.2) is 40.1 Å². The molecule has 6 nitrogen and oxygen atoms in total. The minimum absolute atomic E-state index is 0.0593. The lowest BCUT2D eigenvalue weighted by atomic mass is 10.2. The van der Waals surface area contributed by atoms with Gasteiger partial charge in [0.2, 0.25) is 5.91 Å². The summed E-state index contributed by atoms with van der Waals surface area (Å²) >= 11 is 1.59. The normalized spacial score (nSPS) is 20.6. The third-order valence-corrected chi connectivity index (χ3v) is 4.11. The minimum atomic E-state index is -0.166. The largest absolute Gasteiger partial charge is 0.355 e. The predicted molar refractivity (Wildman–Crippen MR) is 75.1 cm³/mol. The van der Waals surface area contributed by atoms with E-state index in [0.29, 0.717) is 18.3 Å². The first kappa shape index (κ1) is 13.3. The van der Waals surface area contributed by atoms with Crippen LogP contribution < -0.4 is 5.32 Å². The fraction of sp³-hybridized carbons (Fsp3) is 0.462. The second-order valence-electron chi connectivity index (χ2n) is 4.82. The van der Waals surface area contributed by atoms with Crippen LogP contribution in [0.2, 0.25) is 0 Å². The standard InChI is InChI=1S/C13H16N4O2S/c1-9-12(18)14-4-2-5-17(9)7-11-15-13(19-16-11)10-3-6-20-8-10/h3,6,8-9H,2,4-5,7H2,1H3,(H,14,18)/t9-/m0/s1. The first-order valence-electron chi connectivity index (χ1n) is 6.61. The fourth-order valence-corrected chi connectivity index (χ4v) is 2.85. The van der Waals surface area contributed by atoms with Gasteiger partial charge < -0.3 is 9.84 Å². The van der Waals surface area contributed by atoms with Gasteiger partial charge in [-0.05, 0) is 24.8 Å². The smallest absolute Gasteiger partial charge is 0.258 e. The molecule has 3 heterocycles. The van der Waals surface area contributed by atoms with E-state index in [1.165, 1.54) is 0 Å². The van der Waals surface area contributed by atoms with E-state index in [2.05, 4.69) is 20.4 Å². The van der Waals surface area contributed by atoms with Crippen LogP contribution in [0.4, 0.5) is 0 Å². The average molecular weight is 292 g/mol. The number of nitrogens with one attached hydrogen (secondary N) is 1. The van der Waals surface area contributed by atoms with Crippen LogP contribution in [0.5, 0.6) is 0 Å². The number of rotatable bonds is 3. The van der Waals surface area contributed by atoms with Gasteiger partial charge in [-0.25, -0.2) is 0 Å². The third-order valence-electron chi connectivity index (χ3n) is 3.43. The van der Waals surface area contributed by atoms with E-state index in [1.807, 2.05) is 23.8 Å². The van der Waals surface area contributed by atoms with Crippen molar-refractivity contribution in [2.24, 2.45) is 0 Å². The Balaban J connectivity index is 1.72. The van der Waals surface area contributed by atoms with Crippen LogP contribution in [-0.2, 0) is 11.3 Å². The summed E-state index contributed by atoms with van der Waals surface area (Å²) in [5, 5.41) is 10.8. The van der Waals surface area contributed by atoms with Crippen molar-refractivity contribution in [3.63, 3.8) is 0 Å². The summed E-state index contributed by atoms with van der Waals surface area (Å²) in [5.41, 5.74) is 0.940. The van der Waals surface area contributed by atoms with Crippen molar-refractivity contribution in [3.8, 4) is 11.5 Å². The van der Waals surface area contributed by atoms with Gasteiger partial charge in [0.1, 0.15) is 0 Å². The lowest BCUT2D eigenvalue weighted by Crippen LogP contribution is -2.41. The van der Waals surface area contributed by atoms with Crippen LogP contribution in [0, 0.1) is 0 Å². The molecule has 1 atom stereocenters. The van der Waals surface area contributed by atoms with E-state index in [4.69, 9.17) is 4.52 Å². The van der Waals surface area contributed by atoms with Gasteiger partial charge in [-0.2, -0.15) is 16.3 Å². The maximum atomic E-state index is 11.8. The van der Waals surface area contributed by atoms with Crippen LogP contribution in [0.3, 0.4) is 0 Å². The van der Waals surface area contributed by atoms with Gasteiger partial charge >= 0.3 is 0 Å². The Labute approximate surface area is 120 Å².